The van der Waals surface area contributed by atoms with Crippen LogP contribution in [0.15, 0.2) is 12.2 Å². The van der Waals surface area contributed by atoms with Gasteiger partial charge in [0.15, 0.2) is 0 Å². The van der Waals surface area contributed by atoms with Crippen molar-refractivity contribution in [3.05, 3.63) is 12.2 Å². The molecule has 10 heavy (non-hydrogen) atoms. The SMILES string of the molecule is CCC=CC(O)CC(=O)O. The van der Waals surface area contributed by atoms with Crippen LogP contribution >= 0.6 is 0 Å². The van der Waals surface area contributed by atoms with Crippen LogP contribution in [-0.2, 0) is 4.79 Å². The molecule has 58 valence electrons. The first kappa shape index (κ1) is 9.17. The van der Waals surface area contributed by atoms with E-state index in [4.69, 9.17) is 10.2 Å². The molecule has 0 aliphatic rings. The van der Waals surface area contributed by atoms with Crippen molar-refractivity contribution in [1.82, 2.24) is 0 Å². The average Bonchev–Trinajstić information content (AvgIpc) is 1.82. The van der Waals surface area contributed by atoms with Crippen molar-refractivity contribution in [3.63, 3.8) is 0 Å². The van der Waals surface area contributed by atoms with E-state index in [1.54, 1.807) is 6.08 Å². The molecule has 0 aliphatic heterocycles. The van der Waals surface area contributed by atoms with Crippen molar-refractivity contribution < 1.29 is 15.0 Å². The van der Waals surface area contributed by atoms with Gasteiger partial charge in [-0.1, -0.05) is 19.1 Å². The van der Waals surface area contributed by atoms with Gasteiger partial charge in [-0.25, -0.2) is 0 Å². The van der Waals surface area contributed by atoms with E-state index >= 15 is 0 Å². The van der Waals surface area contributed by atoms with Crippen molar-refractivity contribution in [2.75, 3.05) is 0 Å². The number of allylic oxidation sites excluding steroid dienone is 1. The Morgan fingerprint density at radius 3 is 2.70 bits per heavy atom. The van der Waals surface area contributed by atoms with Gasteiger partial charge in [-0.05, 0) is 6.42 Å². The van der Waals surface area contributed by atoms with Crippen LogP contribution in [0.25, 0.3) is 0 Å². The minimum Gasteiger partial charge on any atom is -0.481 e. The molecule has 0 bridgehead atoms. The minimum atomic E-state index is -0.978. The summed E-state index contributed by atoms with van der Waals surface area (Å²) < 4.78 is 0. The number of carboxylic acid groups (broad SMARTS) is 1. The molecular formula is C7H12O3. The molecule has 0 aromatic heterocycles. The van der Waals surface area contributed by atoms with Gasteiger partial charge in [0, 0.05) is 0 Å². The second-order valence-corrected chi connectivity index (χ2v) is 2.00. The summed E-state index contributed by atoms with van der Waals surface area (Å²) >= 11 is 0. The molecule has 0 saturated carbocycles. The molecule has 0 aromatic rings. The zero-order valence-electron chi connectivity index (χ0n) is 5.95. The number of aliphatic carboxylic acids is 1. The molecule has 0 amide bonds. The molecule has 3 heteroatoms. The monoisotopic (exact) mass is 144 g/mol. The predicted octanol–water partition coefficient (Wildman–Crippen LogP) is 0.788. The Morgan fingerprint density at radius 1 is 1.70 bits per heavy atom. The van der Waals surface area contributed by atoms with Crippen LogP contribution in [0.1, 0.15) is 19.8 Å². The van der Waals surface area contributed by atoms with Crippen LogP contribution in [0.2, 0.25) is 0 Å². The van der Waals surface area contributed by atoms with Gasteiger partial charge in [-0.2, -0.15) is 0 Å². The van der Waals surface area contributed by atoms with Crippen LogP contribution in [0.5, 0.6) is 0 Å². The maximum Gasteiger partial charge on any atom is 0.306 e. The summed E-state index contributed by atoms with van der Waals surface area (Å²) in [7, 11) is 0. The Balaban J connectivity index is 3.52. The topological polar surface area (TPSA) is 57.5 Å². The van der Waals surface area contributed by atoms with Gasteiger partial charge in [0.05, 0.1) is 12.5 Å². The number of rotatable bonds is 4. The van der Waals surface area contributed by atoms with Gasteiger partial charge >= 0.3 is 5.97 Å². The van der Waals surface area contributed by atoms with Gasteiger partial charge in [0.2, 0.25) is 0 Å². The molecule has 3 nitrogen and oxygen atoms in total. The summed E-state index contributed by atoms with van der Waals surface area (Å²) in [6, 6.07) is 0. The van der Waals surface area contributed by atoms with E-state index in [0.29, 0.717) is 0 Å². The largest absolute Gasteiger partial charge is 0.481 e. The zero-order chi connectivity index (χ0) is 7.98. The Bertz CT molecular complexity index is 129. The van der Waals surface area contributed by atoms with E-state index in [1.807, 2.05) is 6.92 Å². The van der Waals surface area contributed by atoms with E-state index in [9.17, 15) is 4.79 Å². The smallest absolute Gasteiger partial charge is 0.306 e. The highest BCUT2D eigenvalue weighted by Gasteiger charge is 2.03. The molecule has 1 unspecified atom stereocenters. The lowest BCUT2D eigenvalue weighted by Gasteiger charge is -1.98. The third-order valence-corrected chi connectivity index (χ3v) is 0.978. The van der Waals surface area contributed by atoms with E-state index in [-0.39, 0.29) is 6.42 Å². The molecule has 0 saturated heterocycles. The summed E-state index contributed by atoms with van der Waals surface area (Å²) in [6.45, 7) is 1.92. The number of carboxylic acids is 1. The Morgan fingerprint density at radius 2 is 2.30 bits per heavy atom. The van der Waals surface area contributed by atoms with Crippen LogP contribution < -0.4 is 0 Å². The first-order valence-electron chi connectivity index (χ1n) is 3.23. The zero-order valence-corrected chi connectivity index (χ0v) is 5.95. The van der Waals surface area contributed by atoms with E-state index in [2.05, 4.69) is 0 Å². The normalized spacial score (nSPS) is 13.8. The number of hydrogen-bond donors (Lipinski definition) is 2. The second-order valence-electron chi connectivity index (χ2n) is 2.00. The third-order valence-electron chi connectivity index (χ3n) is 0.978. The minimum absolute atomic E-state index is 0.212. The number of aliphatic hydroxyl groups is 1. The fraction of sp³-hybridized carbons (Fsp3) is 0.571. The fourth-order valence-corrected chi connectivity index (χ4v) is 0.540. The van der Waals surface area contributed by atoms with Crippen molar-refractivity contribution in [3.8, 4) is 0 Å². The molecule has 0 spiro atoms. The standard InChI is InChI=1S/C7H12O3/c1-2-3-4-6(8)5-7(9)10/h3-4,6,8H,2,5H2,1H3,(H,9,10). The summed E-state index contributed by atoms with van der Waals surface area (Å²) in [5, 5.41) is 17.1. The highest BCUT2D eigenvalue weighted by molar-refractivity contribution is 5.67. The van der Waals surface area contributed by atoms with Gasteiger partial charge < -0.3 is 10.2 Å². The molecule has 0 rings (SSSR count). The molecule has 0 aliphatic carbocycles. The number of aliphatic hydroxyl groups excluding tert-OH is 1. The molecule has 2 N–H and O–H groups in total. The van der Waals surface area contributed by atoms with Gasteiger partial charge in [0.25, 0.3) is 0 Å². The highest BCUT2D eigenvalue weighted by atomic mass is 16.4. The van der Waals surface area contributed by atoms with Crippen molar-refractivity contribution in [1.29, 1.82) is 0 Å². The molecule has 0 radical (unpaired) electrons. The first-order valence-corrected chi connectivity index (χ1v) is 3.23. The molecule has 0 heterocycles. The number of carbonyl (C=O) groups is 1. The van der Waals surface area contributed by atoms with Gasteiger partial charge in [-0.3, -0.25) is 4.79 Å². The molecule has 0 fully saturated rings. The summed E-state index contributed by atoms with van der Waals surface area (Å²) in [5.74, 6) is -0.978. The third kappa shape index (κ3) is 5.31. The maximum atomic E-state index is 9.98. The summed E-state index contributed by atoms with van der Waals surface area (Å²) in [4.78, 5) is 9.98. The summed E-state index contributed by atoms with van der Waals surface area (Å²) in [6.07, 6.45) is 3.01. The lowest BCUT2D eigenvalue weighted by Crippen LogP contribution is -2.09. The van der Waals surface area contributed by atoms with E-state index in [0.717, 1.165) is 6.42 Å². The van der Waals surface area contributed by atoms with Gasteiger partial charge in [-0.15, -0.1) is 0 Å². The van der Waals surface area contributed by atoms with Crippen molar-refractivity contribution >= 4 is 5.97 Å². The van der Waals surface area contributed by atoms with Crippen LogP contribution in [0.4, 0.5) is 0 Å². The second kappa shape index (κ2) is 4.99. The number of hydrogen-bond acceptors (Lipinski definition) is 2. The predicted molar refractivity (Wildman–Crippen MR) is 37.7 cm³/mol. The van der Waals surface area contributed by atoms with Crippen LogP contribution in [0, 0.1) is 0 Å². The maximum absolute atomic E-state index is 9.98. The Labute approximate surface area is 60.0 Å². The quantitative estimate of drug-likeness (QED) is 0.573. The lowest BCUT2D eigenvalue weighted by atomic mass is 10.2. The van der Waals surface area contributed by atoms with Crippen molar-refractivity contribution in [2.45, 2.75) is 25.9 Å². The summed E-state index contributed by atoms with van der Waals surface area (Å²) in [5.41, 5.74) is 0. The highest BCUT2D eigenvalue weighted by Crippen LogP contribution is 1.94. The van der Waals surface area contributed by atoms with Crippen LogP contribution in [0.3, 0.4) is 0 Å². The first-order chi connectivity index (χ1) is 4.66. The van der Waals surface area contributed by atoms with Crippen LogP contribution in [-0.4, -0.2) is 22.3 Å². The average molecular weight is 144 g/mol. The molecule has 1 atom stereocenters. The van der Waals surface area contributed by atoms with E-state index in [1.165, 1.54) is 6.08 Å². The molecule has 0 aromatic carbocycles. The molecular weight excluding hydrogens is 132 g/mol. The lowest BCUT2D eigenvalue weighted by molar-refractivity contribution is -0.138. The Kier molecular flexibility index (Phi) is 4.58. The van der Waals surface area contributed by atoms with E-state index < -0.39 is 12.1 Å². The fourth-order valence-electron chi connectivity index (χ4n) is 0.540. The van der Waals surface area contributed by atoms with Gasteiger partial charge in [0.1, 0.15) is 0 Å². The van der Waals surface area contributed by atoms with Crippen molar-refractivity contribution in [2.24, 2.45) is 0 Å². The Hall–Kier alpha value is -0.830.